The minimum absolute atomic E-state index is 0.115. The average molecular weight is 531 g/mol. The summed E-state index contributed by atoms with van der Waals surface area (Å²) in [5, 5.41) is 7.55. The number of nitrogens with zero attached hydrogens (tertiary/aromatic N) is 3. The molecule has 0 atom stereocenters. The first-order valence-corrected chi connectivity index (χ1v) is 12.5. The van der Waals surface area contributed by atoms with Crippen molar-refractivity contribution >= 4 is 17.6 Å². The van der Waals surface area contributed by atoms with Crippen molar-refractivity contribution in [3.63, 3.8) is 0 Å². The largest absolute Gasteiger partial charge is 0.497 e. The van der Waals surface area contributed by atoms with Crippen LogP contribution in [0, 0.1) is 11.7 Å². The molecule has 9 heteroatoms. The van der Waals surface area contributed by atoms with Crippen molar-refractivity contribution in [3.05, 3.63) is 90.2 Å². The summed E-state index contributed by atoms with van der Waals surface area (Å²) in [4.78, 5) is 28.3. The normalized spacial score (nSPS) is 10.8. The van der Waals surface area contributed by atoms with E-state index in [1.165, 1.54) is 31.3 Å². The summed E-state index contributed by atoms with van der Waals surface area (Å²) in [6.07, 6.45) is 0. The van der Waals surface area contributed by atoms with Gasteiger partial charge in [0.1, 0.15) is 29.7 Å². The summed E-state index contributed by atoms with van der Waals surface area (Å²) >= 11 is 0. The standard InChI is InChI=1S/C30H31FN4O4/c1-20(2)18-34(30(37)22-14-25(38-3)16-26(15-22)39-4)19-29(36)32-28-17-27(21-8-6-5-7-9-21)33-35(28)24-12-10-23(31)11-13-24/h5-17,20H,18-19H2,1-4H3,(H,32,36). The molecule has 3 aromatic carbocycles. The molecule has 0 saturated carbocycles. The molecule has 1 heterocycles. The van der Waals surface area contributed by atoms with E-state index in [0.717, 1.165) is 5.56 Å². The van der Waals surface area contributed by atoms with Gasteiger partial charge in [-0.3, -0.25) is 9.59 Å². The van der Waals surface area contributed by atoms with Crippen LogP contribution in [0.4, 0.5) is 10.2 Å². The van der Waals surface area contributed by atoms with Crippen LogP contribution in [0.3, 0.4) is 0 Å². The SMILES string of the molecule is COc1cc(OC)cc(C(=O)N(CC(=O)Nc2cc(-c3ccccc3)nn2-c2ccc(F)cc2)CC(C)C)c1. The van der Waals surface area contributed by atoms with Crippen molar-refractivity contribution < 1.29 is 23.5 Å². The number of carbonyl (C=O) groups excluding carboxylic acids is 2. The lowest BCUT2D eigenvalue weighted by Gasteiger charge is -2.24. The number of aromatic nitrogens is 2. The first-order valence-electron chi connectivity index (χ1n) is 12.5. The average Bonchev–Trinajstić information content (AvgIpc) is 3.36. The van der Waals surface area contributed by atoms with Gasteiger partial charge in [-0.05, 0) is 42.3 Å². The molecular formula is C30H31FN4O4. The third kappa shape index (κ3) is 6.81. The number of benzene rings is 3. The van der Waals surface area contributed by atoms with Crippen LogP contribution >= 0.6 is 0 Å². The van der Waals surface area contributed by atoms with Crippen molar-refractivity contribution in [1.82, 2.24) is 14.7 Å². The second-order valence-corrected chi connectivity index (χ2v) is 9.40. The highest BCUT2D eigenvalue weighted by molar-refractivity contribution is 6.00. The van der Waals surface area contributed by atoms with Crippen LogP contribution in [-0.4, -0.2) is 53.8 Å². The van der Waals surface area contributed by atoms with Crippen molar-refractivity contribution in [2.45, 2.75) is 13.8 Å². The van der Waals surface area contributed by atoms with Crippen molar-refractivity contribution in [1.29, 1.82) is 0 Å². The molecule has 0 aliphatic carbocycles. The number of nitrogens with one attached hydrogen (secondary N) is 1. The fourth-order valence-corrected chi connectivity index (χ4v) is 4.13. The second-order valence-electron chi connectivity index (χ2n) is 9.40. The maximum Gasteiger partial charge on any atom is 0.254 e. The second kappa shape index (κ2) is 12.3. The zero-order valence-corrected chi connectivity index (χ0v) is 22.3. The molecule has 8 nitrogen and oxygen atoms in total. The molecule has 0 aliphatic heterocycles. The van der Waals surface area contributed by atoms with Crippen LogP contribution in [0.25, 0.3) is 16.9 Å². The smallest absolute Gasteiger partial charge is 0.254 e. The molecule has 0 saturated heterocycles. The van der Waals surface area contributed by atoms with E-state index in [1.54, 1.807) is 41.1 Å². The Morgan fingerprint density at radius 2 is 1.59 bits per heavy atom. The lowest BCUT2D eigenvalue weighted by molar-refractivity contribution is -0.117. The summed E-state index contributed by atoms with van der Waals surface area (Å²) < 4.78 is 25.7. The van der Waals surface area contributed by atoms with Crippen LogP contribution in [0.15, 0.2) is 78.9 Å². The Bertz CT molecular complexity index is 1410. The Hall–Kier alpha value is -4.66. The van der Waals surface area contributed by atoms with E-state index in [0.29, 0.717) is 40.8 Å². The van der Waals surface area contributed by atoms with Gasteiger partial charge in [0.05, 0.1) is 25.6 Å². The molecule has 0 spiro atoms. The number of hydrogen-bond donors (Lipinski definition) is 1. The minimum atomic E-state index is -0.401. The Balaban J connectivity index is 1.62. The highest BCUT2D eigenvalue weighted by Crippen LogP contribution is 2.26. The van der Waals surface area contributed by atoms with Crippen LogP contribution in [-0.2, 0) is 4.79 Å². The van der Waals surface area contributed by atoms with Gasteiger partial charge < -0.3 is 19.7 Å². The Morgan fingerprint density at radius 1 is 0.949 bits per heavy atom. The first kappa shape index (κ1) is 27.4. The van der Waals surface area contributed by atoms with Gasteiger partial charge in [-0.1, -0.05) is 44.2 Å². The lowest BCUT2D eigenvalue weighted by atomic mass is 10.1. The van der Waals surface area contributed by atoms with Crippen LogP contribution < -0.4 is 14.8 Å². The van der Waals surface area contributed by atoms with E-state index in [9.17, 15) is 14.0 Å². The van der Waals surface area contributed by atoms with E-state index >= 15 is 0 Å². The van der Waals surface area contributed by atoms with Gasteiger partial charge in [0.2, 0.25) is 5.91 Å². The predicted molar refractivity (Wildman–Crippen MR) is 148 cm³/mol. The highest BCUT2D eigenvalue weighted by atomic mass is 19.1. The highest BCUT2D eigenvalue weighted by Gasteiger charge is 2.23. The minimum Gasteiger partial charge on any atom is -0.497 e. The summed E-state index contributed by atoms with van der Waals surface area (Å²) in [6.45, 7) is 4.12. The number of rotatable bonds is 10. The van der Waals surface area contributed by atoms with E-state index in [-0.39, 0.29) is 24.2 Å². The number of halogens is 1. The zero-order chi connectivity index (χ0) is 27.9. The summed E-state index contributed by atoms with van der Waals surface area (Å²) in [6, 6.07) is 22.0. The molecule has 0 fully saturated rings. The fourth-order valence-electron chi connectivity index (χ4n) is 4.13. The van der Waals surface area contributed by atoms with Gasteiger partial charge in [0.25, 0.3) is 5.91 Å². The monoisotopic (exact) mass is 530 g/mol. The van der Waals surface area contributed by atoms with Gasteiger partial charge >= 0.3 is 0 Å². The van der Waals surface area contributed by atoms with Crippen LogP contribution in [0.1, 0.15) is 24.2 Å². The number of amides is 2. The molecule has 4 aromatic rings. The van der Waals surface area contributed by atoms with Crippen molar-refractivity contribution in [2.75, 3.05) is 32.6 Å². The van der Waals surface area contributed by atoms with Crippen molar-refractivity contribution in [3.8, 4) is 28.4 Å². The number of ether oxygens (including phenoxy) is 2. The number of methoxy groups -OCH3 is 2. The third-order valence-electron chi connectivity index (χ3n) is 5.92. The first-order chi connectivity index (χ1) is 18.8. The lowest BCUT2D eigenvalue weighted by Crippen LogP contribution is -2.40. The number of anilines is 1. The molecule has 0 radical (unpaired) electrons. The molecule has 0 unspecified atom stereocenters. The molecule has 39 heavy (non-hydrogen) atoms. The molecular weight excluding hydrogens is 499 g/mol. The molecule has 0 bridgehead atoms. The Morgan fingerprint density at radius 3 is 2.18 bits per heavy atom. The quantitative estimate of drug-likeness (QED) is 0.295. The van der Waals surface area contributed by atoms with Gasteiger partial charge in [-0.2, -0.15) is 5.10 Å². The molecule has 202 valence electrons. The van der Waals surface area contributed by atoms with Gasteiger partial charge in [-0.25, -0.2) is 9.07 Å². The molecule has 2 amide bonds. The van der Waals surface area contributed by atoms with Crippen molar-refractivity contribution in [2.24, 2.45) is 5.92 Å². The summed E-state index contributed by atoms with van der Waals surface area (Å²) in [5.74, 6) is 0.354. The van der Waals surface area contributed by atoms with Crippen LogP contribution in [0.5, 0.6) is 11.5 Å². The Labute approximate surface area is 227 Å². The van der Waals surface area contributed by atoms with E-state index < -0.39 is 5.91 Å². The molecule has 4 rings (SSSR count). The van der Waals surface area contributed by atoms with Gasteiger partial charge in [-0.15, -0.1) is 0 Å². The molecule has 1 aromatic heterocycles. The van der Waals surface area contributed by atoms with E-state index in [2.05, 4.69) is 10.4 Å². The molecule has 0 aliphatic rings. The van der Waals surface area contributed by atoms with E-state index in [1.807, 2.05) is 44.2 Å². The van der Waals surface area contributed by atoms with Gasteiger partial charge in [0.15, 0.2) is 0 Å². The van der Waals surface area contributed by atoms with E-state index in [4.69, 9.17) is 9.47 Å². The van der Waals surface area contributed by atoms with Crippen LogP contribution in [0.2, 0.25) is 0 Å². The molecule has 1 N–H and O–H groups in total. The summed E-state index contributed by atoms with van der Waals surface area (Å²) in [5.41, 5.74) is 2.42. The topological polar surface area (TPSA) is 85.7 Å². The maximum absolute atomic E-state index is 13.6. The maximum atomic E-state index is 13.6. The summed E-state index contributed by atoms with van der Waals surface area (Å²) in [7, 11) is 3.02. The third-order valence-corrected chi connectivity index (χ3v) is 5.92. The predicted octanol–water partition coefficient (Wildman–Crippen LogP) is 5.43. The van der Waals surface area contributed by atoms with Gasteiger partial charge in [0, 0.05) is 29.8 Å². The fraction of sp³-hybridized carbons (Fsp3) is 0.233. The zero-order valence-electron chi connectivity index (χ0n) is 22.3. The number of hydrogen-bond acceptors (Lipinski definition) is 5. The Kier molecular flexibility index (Phi) is 8.60. The number of carbonyl (C=O) groups is 2.